The lowest BCUT2D eigenvalue weighted by atomic mass is 9.98. The Labute approximate surface area is 145 Å². The third-order valence-electron chi connectivity index (χ3n) is 4.48. The summed E-state index contributed by atoms with van der Waals surface area (Å²) in [4.78, 5) is 8.42. The molecule has 4 rings (SSSR count). The SMILES string of the molecule is N#Cc1c(OC2CCCCC2)nc(N)nc1-c1ccc2c(c1)OCO2. The highest BCUT2D eigenvalue weighted by molar-refractivity contribution is 5.72. The third kappa shape index (κ3) is 3.03. The van der Waals surface area contributed by atoms with E-state index in [2.05, 4.69) is 16.0 Å². The van der Waals surface area contributed by atoms with Gasteiger partial charge in [0.05, 0.1) is 5.69 Å². The zero-order chi connectivity index (χ0) is 17.2. The van der Waals surface area contributed by atoms with E-state index in [1.807, 2.05) is 6.07 Å². The molecule has 1 aromatic carbocycles. The quantitative estimate of drug-likeness (QED) is 0.917. The van der Waals surface area contributed by atoms with Crippen LogP contribution in [0.15, 0.2) is 18.2 Å². The average Bonchev–Trinajstić information content (AvgIpc) is 3.10. The van der Waals surface area contributed by atoms with Crippen LogP contribution in [-0.2, 0) is 0 Å². The number of benzene rings is 1. The summed E-state index contributed by atoms with van der Waals surface area (Å²) in [6.45, 7) is 0.186. The van der Waals surface area contributed by atoms with Gasteiger partial charge in [-0.05, 0) is 43.9 Å². The van der Waals surface area contributed by atoms with Crippen molar-refractivity contribution >= 4 is 5.95 Å². The van der Waals surface area contributed by atoms with Crippen molar-refractivity contribution in [3.05, 3.63) is 23.8 Å². The minimum atomic E-state index is 0.0692. The van der Waals surface area contributed by atoms with E-state index in [-0.39, 0.29) is 24.7 Å². The summed E-state index contributed by atoms with van der Waals surface area (Å²) in [5.74, 6) is 1.63. The van der Waals surface area contributed by atoms with E-state index in [1.165, 1.54) is 6.42 Å². The van der Waals surface area contributed by atoms with Gasteiger partial charge in [0.25, 0.3) is 0 Å². The second-order valence-electron chi connectivity index (χ2n) is 6.17. The third-order valence-corrected chi connectivity index (χ3v) is 4.48. The fraction of sp³-hybridized carbons (Fsp3) is 0.389. The summed E-state index contributed by atoms with van der Waals surface area (Å²) in [5, 5.41) is 9.67. The maximum atomic E-state index is 9.67. The molecule has 2 N–H and O–H groups in total. The molecule has 2 aromatic rings. The van der Waals surface area contributed by atoms with Crippen molar-refractivity contribution in [3.8, 4) is 34.7 Å². The number of nitriles is 1. The molecular weight excluding hydrogens is 320 g/mol. The topological polar surface area (TPSA) is 103 Å². The van der Waals surface area contributed by atoms with Gasteiger partial charge in [0.1, 0.15) is 17.7 Å². The molecule has 0 saturated heterocycles. The van der Waals surface area contributed by atoms with E-state index in [0.29, 0.717) is 28.3 Å². The van der Waals surface area contributed by atoms with Crippen LogP contribution >= 0.6 is 0 Å². The standard InChI is InChI=1S/C18H18N4O3/c19-9-13-16(11-6-7-14-15(8-11)24-10-23-14)21-18(20)22-17(13)25-12-4-2-1-3-5-12/h6-8,12H,1-5,10H2,(H2,20,21,22). The molecule has 1 fully saturated rings. The van der Waals surface area contributed by atoms with Gasteiger partial charge in [0.15, 0.2) is 11.5 Å². The van der Waals surface area contributed by atoms with Gasteiger partial charge in [-0.15, -0.1) is 0 Å². The van der Waals surface area contributed by atoms with Crippen LogP contribution in [0.1, 0.15) is 37.7 Å². The van der Waals surface area contributed by atoms with Crippen LogP contribution in [0.5, 0.6) is 17.4 Å². The molecule has 7 heteroatoms. The fourth-order valence-corrected chi connectivity index (χ4v) is 3.24. The molecule has 0 spiro atoms. The van der Waals surface area contributed by atoms with Gasteiger partial charge >= 0.3 is 0 Å². The highest BCUT2D eigenvalue weighted by atomic mass is 16.7. The van der Waals surface area contributed by atoms with Gasteiger partial charge in [-0.25, -0.2) is 4.98 Å². The highest BCUT2D eigenvalue weighted by Crippen LogP contribution is 2.38. The Balaban J connectivity index is 1.73. The molecule has 1 aromatic heterocycles. The summed E-state index contributed by atoms with van der Waals surface area (Å²) < 4.78 is 16.7. The average molecular weight is 338 g/mol. The number of nitrogens with two attached hydrogens (primary N) is 1. The number of nitrogen functional groups attached to an aromatic ring is 1. The number of anilines is 1. The number of fused-ring (bicyclic) bond motifs is 1. The minimum absolute atomic E-state index is 0.0692. The zero-order valence-corrected chi connectivity index (χ0v) is 13.7. The first-order valence-electron chi connectivity index (χ1n) is 8.39. The number of rotatable bonds is 3. The Morgan fingerprint density at radius 3 is 2.72 bits per heavy atom. The van der Waals surface area contributed by atoms with Crippen molar-refractivity contribution < 1.29 is 14.2 Å². The van der Waals surface area contributed by atoms with Gasteiger partial charge < -0.3 is 19.9 Å². The molecule has 0 bridgehead atoms. The predicted molar refractivity (Wildman–Crippen MR) is 90.2 cm³/mol. The van der Waals surface area contributed by atoms with Crippen molar-refractivity contribution in [1.82, 2.24) is 9.97 Å². The van der Waals surface area contributed by atoms with Gasteiger partial charge in [0.2, 0.25) is 18.6 Å². The van der Waals surface area contributed by atoms with Crippen LogP contribution in [0.4, 0.5) is 5.95 Å². The predicted octanol–water partition coefficient (Wildman–Crippen LogP) is 3.04. The monoisotopic (exact) mass is 338 g/mol. The minimum Gasteiger partial charge on any atom is -0.473 e. The van der Waals surface area contributed by atoms with E-state index in [0.717, 1.165) is 25.7 Å². The first-order valence-corrected chi connectivity index (χ1v) is 8.39. The second kappa shape index (κ2) is 6.48. The molecule has 1 aliphatic heterocycles. The lowest BCUT2D eigenvalue weighted by Crippen LogP contribution is -2.21. The molecular formula is C18H18N4O3. The van der Waals surface area contributed by atoms with Gasteiger partial charge in [0, 0.05) is 5.56 Å². The molecule has 0 amide bonds. The van der Waals surface area contributed by atoms with Crippen LogP contribution < -0.4 is 19.9 Å². The Morgan fingerprint density at radius 1 is 1.12 bits per heavy atom. The van der Waals surface area contributed by atoms with E-state index >= 15 is 0 Å². The van der Waals surface area contributed by atoms with E-state index in [9.17, 15) is 5.26 Å². The van der Waals surface area contributed by atoms with Crippen molar-refractivity contribution in [2.45, 2.75) is 38.2 Å². The Morgan fingerprint density at radius 2 is 1.92 bits per heavy atom. The molecule has 1 saturated carbocycles. The molecule has 0 atom stereocenters. The van der Waals surface area contributed by atoms with Crippen molar-refractivity contribution in [2.75, 3.05) is 12.5 Å². The lowest BCUT2D eigenvalue weighted by molar-refractivity contribution is 0.148. The van der Waals surface area contributed by atoms with Crippen LogP contribution in [0, 0.1) is 11.3 Å². The zero-order valence-electron chi connectivity index (χ0n) is 13.7. The number of nitrogens with zero attached hydrogens (tertiary/aromatic N) is 3. The second-order valence-corrected chi connectivity index (χ2v) is 6.17. The first-order chi connectivity index (χ1) is 12.2. The van der Waals surface area contributed by atoms with Gasteiger partial charge in [-0.3, -0.25) is 0 Å². The number of ether oxygens (including phenoxy) is 3. The van der Waals surface area contributed by atoms with Crippen LogP contribution in [0.3, 0.4) is 0 Å². The van der Waals surface area contributed by atoms with Crippen LogP contribution in [-0.4, -0.2) is 22.9 Å². The molecule has 2 heterocycles. The summed E-state index contributed by atoms with van der Waals surface area (Å²) in [7, 11) is 0. The highest BCUT2D eigenvalue weighted by Gasteiger charge is 2.23. The smallest absolute Gasteiger partial charge is 0.237 e. The van der Waals surface area contributed by atoms with E-state index < -0.39 is 0 Å². The summed E-state index contributed by atoms with van der Waals surface area (Å²) in [6.07, 6.45) is 5.48. The van der Waals surface area contributed by atoms with Gasteiger partial charge in [-0.2, -0.15) is 10.2 Å². The number of hydrogen-bond donors (Lipinski definition) is 1. The first kappa shape index (κ1) is 15.5. The van der Waals surface area contributed by atoms with Crippen molar-refractivity contribution in [2.24, 2.45) is 0 Å². The van der Waals surface area contributed by atoms with Crippen LogP contribution in [0.25, 0.3) is 11.3 Å². The largest absolute Gasteiger partial charge is 0.473 e. The van der Waals surface area contributed by atoms with E-state index in [1.54, 1.807) is 12.1 Å². The fourth-order valence-electron chi connectivity index (χ4n) is 3.24. The van der Waals surface area contributed by atoms with Crippen molar-refractivity contribution in [1.29, 1.82) is 5.26 Å². The molecule has 0 radical (unpaired) electrons. The normalized spacial score (nSPS) is 16.4. The van der Waals surface area contributed by atoms with Crippen LogP contribution in [0.2, 0.25) is 0 Å². The maximum Gasteiger partial charge on any atom is 0.237 e. The van der Waals surface area contributed by atoms with Crippen molar-refractivity contribution in [3.63, 3.8) is 0 Å². The molecule has 25 heavy (non-hydrogen) atoms. The number of hydrogen-bond acceptors (Lipinski definition) is 7. The molecule has 7 nitrogen and oxygen atoms in total. The lowest BCUT2D eigenvalue weighted by Gasteiger charge is -2.23. The Kier molecular flexibility index (Phi) is 4.02. The Hall–Kier alpha value is -3.01. The number of aromatic nitrogens is 2. The summed E-state index contributed by atoms with van der Waals surface area (Å²) in [6, 6.07) is 7.57. The summed E-state index contributed by atoms with van der Waals surface area (Å²) in [5.41, 5.74) is 7.32. The molecule has 128 valence electrons. The summed E-state index contributed by atoms with van der Waals surface area (Å²) >= 11 is 0. The molecule has 0 unspecified atom stereocenters. The van der Waals surface area contributed by atoms with Gasteiger partial charge in [-0.1, -0.05) is 6.42 Å². The van der Waals surface area contributed by atoms with E-state index in [4.69, 9.17) is 19.9 Å². The Bertz CT molecular complexity index is 841. The maximum absolute atomic E-state index is 9.67. The molecule has 2 aliphatic rings. The molecule has 1 aliphatic carbocycles.